The first kappa shape index (κ1) is 16.3. The van der Waals surface area contributed by atoms with Crippen LogP contribution in [-0.2, 0) is 6.54 Å². The van der Waals surface area contributed by atoms with Crippen molar-refractivity contribution in [2.75, 3.05) is 6.54 Å². The van der Waals surface area contributed by atoms with Crippen molar-refractivity contribution in [1.82, 2.24) is 25.1 Å². The number of aromatic nitrogens is 4. The summed E-state index contributed by atoms with van der Waals surface area (Å²) < 4.78 is 2.66. The minimum Gasteiger partial charge on any atom is -0.350 e. The fraction of sp³-hybridized carbons (Fsp3) is 0.176. The molecule has 1 amide bonds. The molecule has 1 N–H and O–H groups in total. The highest BCUT2D eigenvalue weighted by Gasteiger charge is 2.08. The first-order chi connectivity index (χ1) is 11.6. The lowest BCUT2D eigenvalue weighted by Crippen LogP contribution is -2.27. The maximum atomic E-state index is 12.1. The zero-order chi connectivity index (χ0) is 16.9. The smallest absolute Gasteiger partial charge is 0.252 e. The van der Waals surface area contributed by atoms with E-state index in [1.165, 1.54) is 0 Å². The van der Waals surface area contributed by atoms with Gasteiger partial charge in [-0.15, -0.1) is 0 Å². The van der Waals surface area contributed by atoms with Gasteiger partial charge >= 0.3 is 0 Å². The Bertz CT molecular complexity index is 847. The molecule has 7 heteroatoms. The normalized spacial score (nSPS) is 10.6. The van der Waals surface area contributed by atoms with Gasteiger partial charge in [0.1, 0.15) is 0 Å². The molecule has 3 aromatic rings. The number of pyridine rings is 2. The van der Waals surface area contributed by atoms with Gasteiger partial charge in [-0.25, -0.2) is 0 Å². The summed E-state index contributed by atoms with van der Waals surface area (Å²) in [6, 6.07) is 7.61. The molecule has 0 saturated carbocycles. The fourth-order valence-electron chi connectivity index (χ4n) is 2.31. The predicted molar refractivity (Wildman–Crippen MR) is 94.5 cm³/mol. The number of nitrogens with one attached hydrogen (secondary N) is 1. The second kappa shape index (κ2) is 7.35. The van der Waals surface area contributed by atoms with Crippen LogP contribution in [0.15, 0.2) is 53.5 Å². The third-order valence-corrected chi connectivity index (χ3v) is 3.97. The van der Waals surface area contributed by atoms with E-state index in [4.69, 9.17) is 0 Å². The summed E-state index contributed by atoms with van der Waals surface area (Å²) in [7, 11) is 0. The molecule has 0 spiro atoms. The Labute approximate surface area is 148 Å². The molecule has 24 heavy (non-hydrogen) atoms. The molecular weight excluding hydrogens is 370 g/mol. The minimum absolute atomic E-state index is 0.150. The first-order valence-electron chi connectivity index (χ1n) is 7.47. The lowest BCUT2D eigenvalue weighted by molar-refractivity contribution is 0.0951. The second-order valence-corrected chi connectivity index (χ2v) is 6.19. The highest BCUT2D eigenvalue weighted by Crippen LogP contribution is 2.17. The van der Waals surface area contributed by atoms with Crippen LogP contribution in [-0.4, -0.2) is 32.2 Å². The zero-order valence-corrected chi connectivity index (χ0v) is 14.7. The molecule has 0 aromatic carbocycles. The van der Waals surface area contributed by atoms with Crippen LogP contribution in [0, 0.1) is 6.92 Å². The highest BCUT2D eigenvalue weighted by molar-refractivity contribution is 9.10. The van der Waals surface area contributed by atoms with Gasteiger partial charge in [-0.1, -0.05) is 0 Å². The van der Waals surface area contributed by atoms with Crippen molar-refractivity contribution in [2.24, 2.45) is 0 Å². The predicted octanol–water partition coefficient (Wildman–Crippen LogP) is 2.84. The standard InChI is InChI=1S/C17H16BrN5O/c1-12-8-16(13-2-4-19-5-3-13)22-23(12)7-6-21-17(24)14-9-15(18)11-20-10-14/h2-5,8-11H,6-7H2,1H3,(H,21,24). The zero-order valence-electron chi connectivity index (χ0n) is 13.1. The molecule has 0 atom stereocenters. The molecule has 122 valence electrons. The van der Waals surface area contributed by atoms with Gasteiger partial charge in [-0.3, -0.25) is 19.4 Å². The summed E-state index contributed by atoms with van der Waals surface area (Å²) in [5.74, 6) is -0.150. The van der Waals surface area contributed by atoms with E-state index in [0.29, 0.717) is 18.7 Å². The largest absolute Gasteiger partial charge is 0.350 e. The Morgan fingerprint density at radius 3 is 2.75 bits per heavy atom. The van der Waals surface area contributed by atoms with Crippen LogP contribution in [0.4, 0.5) is 0 Å². The van der Waals surface area contributed by atoms with Crippen molar-refractivity contribution in [2.45, 2.75) is 13.5 Å². The van der Waals surface area contributed by atoms with E-state index in [-0.39, 0.29) is 5.91 Å². The topological polar surface area (TPSA) is 72.7 Å². The maximum absolute atomic E-state index is 12.1. The van der Waals surface area contributed by atoms with E-state index < -0.39 is 0 Å². The number of aryl methyl sites for hydroxylation is 1. The molecule has 0 unspecified atom stereocenters. The molecular formula is C17H16BrN5O. The molecule has 0 aliphatic carbocycles. The molecule has 0 aliphatic heterocycles. The number of amides is 1. The fourth-order valence-corrected chi connectivity index (χ4v) is 2.68. The van der Waals surface area contributed by atoms with Crippen LogP contribution in [0.5, 0.6) is 0 Å². The molecule has 3 aromatic heterocycles. The van der Waals surface area contributed by atoms with Gasteiger partial charge in [0, 0.05) is 47.1 Å². The third-order valence-electron chi connectivity index (χ3n) is 3.53. The van der Waals surface area contributed by atoms with Gasteiger partial charge < -0.3 is 5.32 Å². The van der Waals surface area contributed by atoms with Crippen molar-refractivity contribution in [1.29, 1.82) is 0 Å². The summed E-state index contributed by atoms with van der Waals surface area (Å²) in [5.41, 5.74) is 3.49. The van der Waals surface area contributed by atoms with Crippen molar-refractivity contribution < 1.29 is 4.79 Å². The van der Waals surface area contributed by atoms with Gasteiger partial charge in [0.2, 0.25) is 0 Å². The maximum Gasteiger partial charge on any atom is 0.252 e. The van der Waals surface area contributed by atoms with E-state index in [1.807, 2.05) is 29.8 Å². The van der Waals surface area contributed by atoms with Gasteiger partial charge in [0.05, 0.1) is 17.8 Å². The summed E-state index contributed by atoms with van der Waals surface area (Å²) in [4.78, 5) is 20.1. The minimum atomic E-state index is -0.150. The summed E-state index contributed by atoms with van der Waals surface area (Å²) in [5, 5.41) is 7.46. The van der Waals surface area contributed by atoms with Crippen LogP contribution in [0.2, 0.25) is 0 Å². The number of carbonyl (C=O) groups is 1. The molecule has 6 nitrogen and oxygen atoms in total. The van der Waals surface area contributed by atoms with Gasteiger partial charge in [0.15, 0.2) is 0 Å². The van der Waals surface area contributed by atoms with Crippen LogP contribution in [0.3, 0.4) is 0 Å². The third kappa shape index (κ3) is 3.86. The highest BCUT2D eigenvalue weighted by atomic mass is 79.9. The van der Waals surface area contributed by atoms with E-state index in [2.05, 4.69) is 36.3 Å². The molecule has 3 heterocycles. The number of hydrogen-bond donors (Lipinski definition) is 1. The lowest BCUT2D eigenvalue weighted by atomic mass is 10.2. The Balaban J connectivity index is 1.61. The number of hydrogen-bond acceptors (Lipinski definition) is 4. The SMILES string of the molecule is Cc1cc(-c2ccncc2)nn1CCNC(=O)c1cncc(Br)c1. The lowest BCUT2D eigenvalue weighted by Gasteiger charge is -2.07. The van der Waals surface area contributed by atoms with E-state index in [0.717, 1.165) is 21.4 Å². The molecule has 0 radical (unpaired) electrons. The Morgan fingerprint density at radius 2 is 2.00 bits per heavy atom. The number of nitrogens with zero attached hydrogens (tertiary/aromatic N) is 4. The quantitative estimate of drug-likeness (QED) is 0.732. The van der Waals surface area contributed by atoms with Crippen molar-refractivity contribution >= 4 is 21.8 Å². The van der Waals surface area contributed by atoms with Crippen LogP contribution >= 0.6 is 15.9 Å². The van der Waals surface area contributed by atoms with E-state index in [9.17, 15) is 4.79 Å². The van der Waals surface area contributed by atoms with Gasteiger partial charge in [-0.05, 0) is 47.1 Å². The van der Waals surface area contributed by atoms with Crippen LogP contribution in [0.1, 0.15) is 16.1 Å². The second-order valence-electron chi connectivity index (χ2n) is 5.28. The number of rotatable bonds is 5. The first-order valence-corrected chi connectivity index (χ1v) is 8.26. The molecule has 0 aliphatic rings. The van der Waals surface area contributed by atoms with Crippen molar-refractivity contribution in [3.63, 3.8) is 0 Å². The average molecular weight is 386 g/mol. The van der Waals surface area contributed by atoms with Gasteiger partial charge in [-0.2, -0.15) is 5.10 Å². The molecule has 3 rings (SSSR count). The molecule has 0 fully saturated rings. The summed E-state index contributed by atoms with van der Waals surface area (Å²) >= 11 is 3.31. The van der Waals surface area contributed by atoms with Crippen LogP contribution in [0.25, 0.3) is 11.3 Å². The Kier molecular flexibility index (Phi) is 5.00. The summed E-state index contributed by atoms with van der Waals surface area (Å²) in [6.45, 7) is 3.09. The van der Waals surface area contributed by atoms with Crippen molar-refractivity contribution in [3.05, 3.63) is 64.8 Å². The van der Waals surface area contributed by atoms with Gasteiger partial charge in [0.25, 0.3) is 5.91 Å². The molecule has 0 bridgehead atoms. The Hall–Kier alpha value is -2.54. The summed E-state index contributed by atoms with van der Waals surface area (Å²) in [6.07, 6.45) is 6.68. The molecule has 0 saturated heterocycles. The average Bonchev–Trinajstić information content (AvgIpc) is 2.96. The number of halogens is 1. The Morgan fingerprint density at radius 1 is 1.21 bits per heavy atom. The van der Waals surface area contributed by atoms with E-state index >= 15 is 0 Å². The number of carbonyl (C=O) groups excluding carboxylic acids is 1. The van der Waals surface area contributed by atoms with Crippen molar-refractivity contribution in [3.8, 4) is 11.3 Å². The van der Waals surface area contributed by atoms with E-state index in [1.54, 1.807) is 30.9 Å². The monoisotopic (exact) mass is 385 g/mol. The van der Waals surface area contributed by atoms with Crippen LogP contribution < -0.4 is 5.32 Å².